The maximum Gasteiger partial charge on any atom is 0.260 e. The van der Waals surface area contributed by atoms with Gasteiger partial charge in [-0.25, -0.2) is 4.39 Å². The Labute approximate surface area is 135 Å². The number of carbonyl (C=O) groups excluding carboxylic acids is 1. The summed E-state index contributed by atoms with van der Waals surface area (Å²) in [4.78, 5) is 13.5. The predicted octanol–water partition coefficient (Wildman–Crippen LogP) is 3.26. The summed E-state index contributed by atoms with van der Waals surface area (Å²) in [5, 5.41) is 0. The van der Waals surface area contributed by atoms with Crippen LogP contribution in [0.5, 0.6) is 11.5 Å². The number of ether oxygens (including phenoxy) is 2. The molecule has 0 fully saturated rings. The minimum absolute atomic E-state index is 0.0983. The first-order valence-corrected chi connectivity index (χ1v) is 7.43. The molecule has 0 aliphatic heterocycles. The highest BCUT2D eigenvalue weighted by Crippen LogP contribution is 2.17. The van der Waals surface area contributed by atoms with Crippen molar-refractivity contribution in [3.05, 3.63) is 59.9 Å². The van der Waals surface area contributed by atoms with E-state index in [2.05, 4.69) is 0 Å². The van der Waals surface area contributed by atoms with Gasteiger partial charge in [0.1, 0.15) is 17.3 Å². The second-order valence-electron chi connectivity index (χ2n) is 5.03. The van der Waals surface area contributed by atoms with Crippen LogP contribution in [-0.2, 0) is 11.3 Å². The molecule has 2 aromatic carbocycles. The summed E-state index contributed by atoms with van der Waals surface area (Å²) in [5.74, 6) is 0.797. The van der Waals surface area contributed by atoms with Gasteiger partial charge in [-0.3, -0.25) is 4.79 Å². The van der Waals surface area contributed by atoms with Gasteiger partial charge in [-0.15, -0.1) is 0 Å². The van der Waals surface area contributed by atoms with Crippen LogP contribution in [0.2, 0.25) is 0 Å². The van der Waals surface area contributed by atoms with Gasteiger partial charge in [0.2, 0.25) is 0 Å². The SMILES string of the molecule is CCOc1ccc(OCC(=O)N(C)Cc2ccccc2F)cc1. The van der Waals surface area contributed by atoms with Gasteiger partial charge in [0.25, 0.3) is 5.91 Å². The molecule has 0 atom stereocenters. The van der Waals surface area contributed by atoms with E-state index < -0.39 is 0 Å². The molecule has 0 unspecified atom stereocenters. The highest BCUT2D eigenvalue weighted by atomic mass is 19.1. The van der Waals surface area contributed by atoms with E-state index >= 15 is 0 Å². The first-order chi connectivity index (χ1) is 11.1. The Morgan fingerprint density at radius 2 is 1.65 bits per heavy atom. The molecule has 2 aromatic rings. The summed E-state index contributed by atoms with van der Waals surface area (Å²) in [7, 11) is 1.62. The second kappa shape index (κ2) is 8.17. The quantitative estimate of drug-likeness (QED) is 0.787. The van der Waals surface area contributed by atoms with Crippen LogP contribution in [0.1, 0.15) is 12.5 Å². The number of hydrogen-bond donors (Lipinski definition) is 0. The number of likely N-dealkylation sites (N-methyl/N-ethyl adjacent to an activating group) is 1. The largest absolute Gasteiger partial charge is 0.494 e. The Kier molecular flexibility index (Phi) is 5.97. The normalized spacial score (nSPS) is 10.2. The zero-order chi connectivity index (χ0) is 16.7. The van der Waals surface area contributed by atoms with E-state index in [-0.39, 0.29) is 24.9 Å². The van der Waals surface area contributed by atoms with Crippen molar-refractivity contribution >= 4 is 5.91 Å². The van der Waals surface area contributed by atoms with Crippen molar-refractivity contribution in [2.45, 2.75) is 13.5 Å². The lowest BCUT2D eigenvalue weighted by Crippen LogP contribution is -2.31. The van der Waals surface area contributed by atoms with Crippen molar-refractivity contribution in [3.8, 4) is 11.5 Å². The van der Waals surface area contributed by atoms with Crippen molar-refractivity contribution in [2.24, 2.45) is 0 Å². The van der Waals surface area contributed by atoms with Gasteiger partial charge >= 0.3 is 0 Å². The number of nitrogens with zero attached hydrogens (tertiary/aromatic N) is 1. The molecule has 122 valence electrons. The third kappa shape index (κ3) is 4.98. The lowest BCUT2D eigenvalue weighted by Gasteiger charge is -2.18. The van der Waals surface area contributed by atoms with E-state index in [0.717, 1.165) is 5.75 Å². The summed E-state index contributed by atoms with van der Waals surface area (Å²) in [6, 6.07) is 13.5. The zero-order valence-electron chi connectivity index (χ0n) is 13.3. The molecule has 0 saturated carbocycles. The van der Waals surface area contributed by atoms with Crippen molar-refractivity contribution in [3.63, 3.8) is 0 Å². The number of amides is 1. The third-order valence-corrected chi connectivity index (χ3v) is 3.29. The van der Waals surface area contributed by atoms with Crippen molar-refractivity contribution in [2.75, 3.05) is 20.3 Å². The van der Waals surface area contributed by atoms with Crippen LogP contribution in [0.25, 0.3) is 0 Å². The summed E-state index contributed by atoms with van der Waals surface area (Å²) in [6.45, 7) is 2.62. The molecule has 1 amide bonds. The van der Waals surface area contributed by atoms with E-state index in [9.17, 15) is 9.18 Å². The van der Waals surface area contributed by atoms with E-state index in [0.29, 0.717) is 17.9 Å². The molecule has 2 rings (SSSR count). The molecule has 0 spiro atoms. The number of benzene rings is 2. The molecule has 0 N–H and O–H groups in total. The van der Waals surface area contributed by atoms with E-state index in [1.807, 2.05) is 6.92 Å². The minimum Gasteiger partial charge on any atom is -0.494 e. The van der Waals surface area contributed by atoms with Crippen molar-refractivity contribution < 1.29 is 18.7 Å². The van der Waals surface area contributed by atoms with Crippen LogP contribution in [0, 0.1) is 5.82 Å². The maximum atomic E-state index is 13.6. The van der Waals surface area contributed by atoms with Crippen LogP contribution in [-0.4, -0.2) is 31.1 Å². The molecule has 0 bridgehead atoms. The van der Waals surface area contributed by atoms with Crippen LogP contribution < -0.4 is 9.47 Å². The maximum absolute atomic E-state index is 13.6. The summed E-state index contributed by atoms with van der Waals surface area (Å²) in [6.07, 6.45) is 0. The molecule has 23 heavy (non-hydrogen) atoms. The van der Waals surface area contributed by atoms with Crippen LogP contribution in [0.3, 0.4) is 0 Å². The van der Waals surface area contributed by atoms with Crippen LogP contribution >= 0.6 is 0 Å². The highest BCUT2D eigenvalue weighted by molar-refractivity contribution is 5.77. The first kappa shape index (κ1) is 16.8. The molecule has 5 heteroatoms. The highest BCUT2D eigenvalue weighted by Gasteiger charge is 2.12. The Hall–Kier alpha value is -2.56. The Balaban J connectivity index is 1.85. The smallest absolute Gasteiger partial charge is 0.260 e. The molecule has 0 heterocycles. The van der Waals surface area contributed by atoms with Crippen molar-refractivity contribution in [1.82, 2.24) is 4.90 Å². The lowest BCUT2D eigenvalue weighted by molar-refractivity contribution is -0.132. The van der Waals surface area contributed by atoms with Gasteiger partial charge in [0, 0.05) is 19.2 Å². The Bertz CT molecular complexity index is 643. The fourth-order valence-corrected chi connectivity index (χ4v) is 2.02. The third-order valence-electron chi connectivity index (χ3n) is 3.29. The molecular weight excluding hydrogens is 297 g/mol. The molecule has 4 nitrogen and oxygen atoms in total. The van der Waals surface area contributed by atoms with Gasteiger partial charge in [-0.1, -0.05) is 18.2 Å². The van der Waals surface area contributed by atoms with Crippen LogP contribution in [0.15, 0.2) is 48.5 Å². The van der Waals surface area contributed by atoms with Crippen molar-refractivity contribution in [1.29, 1.82) is 0 Å². The molecule has 0 aliphatic rings. The molecule has 0 aromatic heterocycles. The van der Waals surface area contributed by atoms with Gasteiger partial charge < -0.3 is 14.4 Å². The average Bonchev–Trinajstić information content (AvgIpc) is 2.56. The number of carbonyl (C=O) groups is 1. The summed E-state index contributed by atoms with van der Waals surface area (Å²) in [5.41, 5.74) is 0.476. The molecule has 0 aliphatic carbocycles. The summed E-state index contributed by atoms with van der Waals surface area (Å²) < 4.78 is 24.4. The monoisotopic (exact) mass is 317 g/mol. The van der Waals surface area contributed by atoms with E-state index in [4.69, 9.17) is 9.47 Å². The minimum atomic E-state index is -0.320. The fraction of sp³-hybridized carbons (Fsp3) is 0.278. The van der Waals surface area contributed by atoms with Gasteiger partial charge in [0.05, 0.1) is 6.61 Å². The fourth-order valence-electron chi connectivity index (χ4n) is 2.02. The zero-order valence-corrected chi connectivity index (χ0v) is 13.3. The first-order valence-electron chi connectivity index (χ1n) is 7.43. The van der Waals surface area contributed by atoms with E-state index in [1.165, 1.54) is 11.0 Å². The van der Waals surface area contributed by atoms with Gasteiger partial charge in [-0.2, -0.15) is 0 Å². The van der Waals surface area contributed by atoms with Gasteiger partial charge in [0.15, 0.2) is 6.61 Å². The molecule has 0 radical (unpaired) electrons. The van der Waals surface area contributed by atoms with Gasteiger partial charge in [-0.05, 0) is 37.3 Å². The van der Waals surface area contributed by atoms with Crippen LogP contribution in [0.4, 0.5) is 4.39 Å². The standard InChI is InChI=1S/C18H20FNO3/c1-3-22-15-8-10-16(11-9-15)23-13-18(21)20(2)12-14-6-4-5-7-17(14)19/h4-11H,3,12-13H2,1-2H3. The second-order valence-corrected chi connectivity index (χ2v) is 5.03. The molecular formula is C18H20FNO3. The predicted molar refractivity (Wildman–Crippen MR) is 86.0 cm³/mol. The topological polar surface area (TPSA) is 38.8 Å². The lowest BCUT2D eigenvalue weighted by atomic mass is 10.2. The Morgan fingerprint density at radius 1 is 1.04 bits per heavy atom. The number of hydrogen-bond acceptors (Lipinski definition) is 3. The molecule has 0 saturated heterocycles. The average molecular weight is 317 g/mol. The summed E-state index contributed by atoms with van der Waals surface area (Å²) >= 11 is 0. The number of halogens is 1. The Morgan fingerprint density at radius 3 is 2.26 bits per heavy atom. The van der Waals surface area contributed by atoms with E-state index in [1.54, 1.807) is 49.5 Å². The number of rotatable bonds is 7.